The number of nitrogens with zero attached hydrogens (tertiary/aromatic N) is 2. The number of nitrogens with one attached hydrogen (secondary N) is 2. The zero-order valence-electron chi connectivity index (χ0n) is 13.0. The fourth-order valence-electron chi connectivity index (χ4n) is 2.58. The molecule has 2 fully saturated rings. The molecule has 0 aliphatic carbocycles. The molecule has 8 heteroatoms. The number of ether oxygens (including phenoxy) is 2. The molecule has 0 radical (unpaired) electrons. The van der Waals surface area contributed by atoms with Gasteiger partial charge in [-0.25, -0.2) is 4.99 Å². The molecule has 2 rings (SSSR count). The first kappa shape index (κ1) is 17.3. The van der Waals surface area contributed by atoms with Gasteiger partial charge in [0, 0.05) is 32.5 Å². The third-order valence-electron chi connectivity index (χ3n) is 3.90. The van der Waals surface area contributed by atoms with Gasteiger partial charge in [0.15, 0.2) is 0 Å². The molecule has 126 valence electrons. The second kappa shape index (κ2) is 8.54. The molecule has 3 atom stereocenters. The summed E-state index contributed by atoms with van der Waals surface area (Å²) in [6, 6.07) is 0. The molecule has 0 aromatic carbocycles. The zero-order chi connectivity index (χ0) is 15.9. The van der Waals surface area contributed by atoms with Crippen LogP contribution in [0.25, 0.3) is 0 Å². The minimum Gasteiger partial charge on any atom is -0.394 e. The summed E-state index contributed by atoms with van der Waals surface area (Å²) in [7, 11) is 0. The Morgan fingerprint density at radius 1 is 1.41 bits per heavy atom. The van der Waals surface area contributed by atoms with Gasteiger partial charge in [-0.3, -0.25) is 10.7 Å². The van der Waals surface area contributed by atoms with Gasteiger partial charge < -0.3 is 24.6 Å². The lowest BCUT2D eigenvalue weighted by atomic mass is 10.2. The molecule has 3 unspecified atom stereocenters. The Labute approximate surface area is 130 Å². The first-order chi connectivity index (χ1) is 10.6. The van der Waals surface area contributed by atoms with Crippen molar-refractivity contribution in [1.82, 2.24) is 10.2 Å². The van der Waals surface area contributed by atoms with E-state index in [1.54, 1.807) is 0 Å². The molecule has 0 spiro atoms. The van der Waals surface area contributed by atoms with Gasteiger partial charge in [-0.15, -0.1) is 0 Å². The second-order valence-electron chi connectivity index (χ2n) is 5.56. The first-order valence-corrected chi connectivity index (χ1v) is 7.73. The molecule has 4 N–H and O–H groups in total. The van der Waals surface area contributed by atoms with E-state index in [9.17, 15) is 5.11 Å². The van der Waals surface area contributed by atoms with Crippen molar-refractivity contribution in [3.63, 3.8) is 0 Å². The van der Waals surface area contributed by atoms with Gasteiger partial charge in [0.05, 0.1) is 25.9 Å². The van der Waals surface area contributed by atoms with Gasteiger partial charge in [-0.2, -0.15) is 0 Å². The number of hydrogen-bond donors (Lipinski definition) is 4. The zero-order valence-corrected chi connectivity index (χ0v) is 13.0. The van der Waals surface area contributed by atoms with E-state index in [2.05, 4.69) is 15.2 Å². The molecule has 2 aliphatic rings. The van der Waals surface area contributed by atoms with Gasteiger partial charge in [0.25, 0.3) is 0 Å². The molecule has 2 heterocycles. The number of aliphatic hydroxyl groups is 2. The summed E-state index contributed by atoms with van der Waals surface area (Å²) in [5.74, 6) is 1.16. The summed E-state index contributed by atoms with van der Waals surface area (Å²) in [5.41, 5.74) is 0. The summed E-state index contributed by atoms with van der Waals surface area (Å²) in [6.45, 7) is 5.32. The third kappa shape index (κ3) is 4.99. The maximum Gasteiger partial charge on any atom is 0.123 e. The summed E-state index contributed by atoms with van der Waals surface area (Å²) in [5, 5.41) is 29.7. The minimum atomic E-state index is -0.636. The Balaban J connectivity index is 1.67. The van der Waals surface area contributed by atoms with E-state index in [1.165, 1.54) is 0 Å². The van der Waals surface area contributed by atoms with E-state index >= 15 is 0 Å². The Morgan fingerprint density at radius 2 is 2.14 bits per heavy atom. The van der Waals surface area contributed by atoms with Crippen molar-refractivity contribution in [3.8, 4) is 0 Å². The summed E-state index contributed by atoms with van der Waals surface area (Å²) >= 11 is 0. The minimum absolute atomic E-state index is 0.182. The highest BCUT2D eigenvalue weighted by Crippen LogP contribution is 2.18. The third-order valence-corrected chi connectivity index (χ3v) is 3.90. The van der Waals surface area contributed by atoms with E-state index in [4.69, 9.17) is 20.0 Å². The molecule has 0 bridgehead atoms. The lowest BCUT2D eigenvalue weighted by Gasteiger charge is -2.28. The number of rotatable bonds is 5. The summed E-state index contributed by atoms with van der Waals surface area (Å²) in [6.07, 6.45) is -0.484. The highest BCUT2D eigenvalue weighted by Gasteiger charge is 2.32. The van der Waals surface area contributed by atoms with Crippen molar-refractivity contribution in [2.75, 3.05) is 39.5 Å². The maximum absolute atomic E-state index is 9.63. The molecule has 22 heavy (non-hydrogen) atoms. The average molecular weight is 314 g/mol. The SMILES string of the molecule is CC(=NC(=N)CCNC1CC(O)C(CO)O1)N1CCOCC1. The normalized spacial score (nSPS) is 29.9. The predicted molar refractivity (Wildman–Crippen MR) is 82.2 cm³/mol. The van der Waals surface area contributed by atoms with E-state index in [0.29, 0.717) is 38.4 Å². The quantitative estimate of drug-likeness (QED) is 0.389. The van der Waals surface area contributed by atoms with Crippen LogP contribution in [0, 0.1) is 5.41 Å². The van der Waals surface area contributed by atoms with Gasteiger partial charge in [0.1, 0.15) is 24.0 Å². The summed E-state index contributed by atoms with van der Waals surface area (Å²) < 4.78 is 10.7. The number of aliphatic imine (C=N–C) groups is 1. The van der Waals surface area contributed by atoms with Crippen molar-refractivity contribution in [3.05, 3.63) is 0 Å². The predicted octanol–water partition coefficient (Wildman–Crippen LogP) is -0.838. The molecule has 8 nitrogen and oxygen atoms in total. The molecule has 0 aromatic heterocycles. The smallest absolute Gasteiger partial charge is 0.123 e. The fourth-order valence-corrected chi connectivity index (χ4v) is 2.58. The van der Waals surface area contributed by atoms with Crippen LogP contribution in [-0.2, 0) is 9.47 Å². The van der Waals surface area contributed by atoms with Crippen molar-refractivity contribution >= 4 is 11.7 Å². The lowest BCUT2D eigenvalue weighted by Crippen LogP contribution is -2.40. The fraction of sp³-hybridized carbons (Fsp3) is 0.857. The van der Waals surface area contributed by atoms with Crippen LogP contribution in [0.15, 0.2) is 4.99 Å². The van der Waals surface area contributed by atoms with Crippen LogP contribution in [-0.4, -0.2) is 84.7 Å². The van der Waals surface area contributed by atoms with Crippen LogP contribution >= 0.6 is 0 Å². The first-order valence-electron chi connectivity index (χ1n) is 7.73. The monoisotopic (exact) mass is 314 g/mol. The van der Waals surface area contributed by atoms with Crippen LogP contribution in [0.4, 0.5) is 0 Å². The Morgan fingerprint density at radius 3 is 2.77 bits per heavy atom. The van der Waals surface area contributed by atoms with Crippen molar-refractivity contribution < 1.29 is 19.7 Å². The molecule has 0 amide bonds. The Kier molecular flexibility index (Phi) is 6.71. The highest BCUT2D eigenvalue weighted by molar-refractivity contribution is 5.94. The molecular weight excluding hydrogens is 288 g/mol. The number of hydrogen-bond acceptors (Lipinski definition) is 6. The van der Waals surface area contributed by atoms with E-state index < -0.39 is 12.2 Å². The highest BCUT2D eigenvalue weighted by atomic mass is 16.5. The van der Waals surface area contributed by atoms with Crippen LogP contribution < -0.4 is 5.32 Å². The van der Waals surface area contributed by atoms with Crippen LogP contribution in [0.1, 0.15) is 19.8 Å². The number of amidine groups is 2. The van der Waals surface area contributed by atoms with E-state index in [0.717, 1.165) is 18.9 Å². The van der Waals surface area contributed by atoms with Crippen molar-refractivity contribution in [2.45, 2.75) is 38.2 Å². The molecular formula is C14H26N4O4. The van der Waals surface area contributed by atoms with Gasteiger partial charge in [0.2, 0.25) is 0 Å². The largest absolute Gasteiger partial charge is 0.394 e. The topological polar surface area (TPSA) is 110 Å². The second-order valence-corrected chi connectivity index (χ2v) is 5.56. The Bertz CT molecular complexity index is 398. The molecule has 0 saturated carbocycles. The van der Waals surface area contributed by atoms with Gasteiger partial charge in [-0.05, 0) is 6.92 Å². The van der Waals surface area contributed by atoms with Crippen LogP contribution in [0.3, 0.4) is 0 Å². The van der Waals surface area contributed by atoms with Crippen molar-refractivity contribution in [2.24, 2.45) is 4.99 Å². The van der Waals surface area contributed by atoms with Crippen LogP contribution in [0.5, 0.6) is 0 Å². The van der Waals surface area contributed by atoms with Gasteiger partial charge >= 0.3 is 0 Å². The molecule has 2 saturated heterocycles. The molecule has 2 aliphatic heterocycles. The maximum atomic E-state index is 9.63. The lowest BCUT2D eigenvalue weighted by molar-refractivity contribution is -0.0304. The number of morpholine rings is 1. The Hall–Kier alpha value is -1.06. The molecule has 0 aromatic rings. The summed E-state index contributed by atoms with van der Waals surface area (Å²) in [4.78, 5) is 6.43. The standard InChI is InChI=1S/C14H26N4O4/c1-10(18-4-6-21-7-5-18)17-13(15)2-3-16-14-8-11(20)12(9-19)22-14/h11-12,14-16,19-20H,2-9H2,1H3. The van der Waals surface area contributed by atoms with E-state index in [1.807, 2.05) is 6.92 Å². The van der Waals surface area contributed by atoms with E-state index in [-0.39, 0.29) is 12.8 Å². The number of aliphatic hydroxyl groups excluding tert-OH is 2. The van der Waals surface area contributed by atoms with Gasteiger partial charge in [-0.1, -0.05) is 0 Å². The average Bonchev–Trinajstić information content (AvgIpc) is 2.88. The van der Waals surface area contributed by atoms with Crippen LogP contribution in [0.2, 0.25) is 0 Å². The van der Waals surface area contributed by atoms with Crippen molar-refractivity contribution in [1.29, 1.82) is 5.41 Å².